The van der Waals surface area contributed by atoms with Gasteiger partial charge in [0.05, 0.1) is 0 Å². The number of likely N-dealkylation sites (tertiary alicyclic amines) is 1. The van der Waals surface area contributed by atoms with Crippen molar-refractivity contribution in [2.24, 2.45) is 11.8 Å². The molecule has 1 aromatic rings. The van der Waals surface area contributed by atoms with Gasteiger partial charge in [-0.05, 0) is 56.8 Å². The van der Waals surface area contributed by atoms with E-state index >= 15 is 0 Å². The van der Waals surface area contributed by atoms with E-state index in [0.717, 1.165) is 24.4 Å². The maximum atomic E-state index is 3.53. The number of aryl methyl sites for hydroxylation is 2. The minimum Gasteiger partial charge on any atom is -0.316 e. The van der Waals surface area contributed by atoms with Crippen molar-refractivity contribution in [3.63, 3.8) is 0 Å². The molecule has 2 heterocycles. The molecule has 3 atom stereocenters. The van der Waals surface area contributed by atoms with Gasteiger partial charge in [0.25, 0.3) is 0 Å². The molecule has 1 N–H and O–H groups in total. The summed E-state index contributed by atoms with van der Waals surface area (Å²) < 4.78 is 0. The van der Waals surface area contributed by atoms with Crippen LogP contribution in [0.5, 0.6) is 0 Å². The van der Waals surface area contributed by atoms with Crippen LogP contribution in [0.3, 0.4) is 0 Å². The van der Waals surface area contributed by atoms with Crippen molar-refractivity contribution in [2.75, 3.05) is 19.6 Å². The fraction of sp³-hybridized carbons (Fsp3) is 0.625. The van der Waals surface area contributed by atoms with E-state index in [0.29, 0.717) is 0 Å². The summed E-state index contributed by atoms with van der Waals surface area (Å²) in [5.41, 5.74) is 4.32. The zero-order chi connectivity index (χ0) is 12.7. The summed E-state index contributed by atoms with van der Waals surface area (Å²) in [6, 6.07) is 7.55. The molecule has 2 aliphatic heterocycles. The highest BCUT2D eigenvalue weighted by Gasteiger charge is 2.41. The third-order valence-corrected chi connectivity index (χ3v) is 4.93. The Labute approximate surface area is 110 Å². The zero-order valence-corrected chi connectivity index (χ0v) is 11.7. The van der Waals surface area contributed by atoms with Crippen molar-refractivity contribution in [3.05, 3.63) is 34.9 Å². The first-order valence-corrected chi connectivity index (χ1v) is 7.16. The first-order chi connectivity index (χ1) is 8.65. The molecule has 2 nitrogen and oxygen atoms in total. The molecule has 3 rings (SSSR count). The Morgan fingerprint density at radius 2 is 2.11 bits per heavy atom. The second-order valence-corrected chi connectivity index (χ2v) is 6.18. The summed E-state index contributed by atoms with van der Waals surface area (Å²) >= 11 is 0. The summed E-state index contributed by atoms with van der Waals surface area (Å²) in [6.45, 7) is 11.7. The van der Waals surface area contributed by atoms with Gasteiger partial charge in [0.1, 0.15) is 0 Å². The van der Waals surface area contributed by atoms with Gasteiger partial charge in [0.2, 0.25) is 0 Å². The fourth-order valence-corrected chi connectivity index (χ4v) is 3.65. The second-order valence-electron chi connectivity index (χ2n) is 6.18. The minimum absolute atomic E-state index is 0.727. The molecule has 2 saturated heterocycles. The van der Waals surface area contributed by atoms with Crippen LogP contribution in [0.25, 0.3) is 0 Å². The van der Waals surface area contributed by atoms with Gasteiger partial charge in [0, 0.05) is 19.1 Å². The molecule has 98 valence electrons. The first-order valence-electron chi connectivity index (χ1n) is 7.16. The van der Waals surface area contributed by atoms with Crippen molar-refractivity contribution in [1.29, 1.82) is 0 Å². The van der Waals surface area contributed by atoms with Gasteiger partial charge in [-0.1, -0.05) is 23.8 Å². The van der Waals surface area contributed by atoms with Crippen molar-refractivity contribution < 1.29 is 0 Å². The van der Waals surface area contributed by atoms with Gasteiger partial charge >= 0.3 is 0 Å². The fourth-order valence-electron chi connectivity index (χ4n) is 3.65. The number of rotatable bonds is 2. The molecular formula is C16H24N2. The number of benzene rings is 1. The monoisotopic (exact) mass is 244 g/mol. The molecule has 2 fully saturated rings. The van der Waals surface area contributed by atoms with Crippen molar-refractivity contribution >= 4 is 0 Å². The molecule has 0 bridgehead atoms. The standard InChI is InChI=1S/C16H24N2/c1-11-4-5-12(2)14(6-11)9-18-10-15-7-17-8-16(15)13(18)3/h4-6,13,15-17H,7-10H2,1-3H3. The van der Waals surface area contributed by atoms with E-state index in [1.54, 1.807) is 0 Å². The summed E-state index contributed by atoms with van der Waals surface area (Å²) in [5.74, 6) is 1.75. The van der Waals surface area contributed by atoms with Gasteiger partial charge in [-0.3, -0.25) is 4.90 Å². The van der Waals surface area contributed by atoms with Crippen molar-refractivity contribution in [2.45, 2.75) is 33.4 Å². The van der Waals surface area contributed by atoms with Gasteiger partial charge in [0.15, 0.2) is 0 Å². The third kappa shape index (κ3) is 2.08. The van der Waals surface area contributed by atoms with Gasteiger partial charge in [-0.25, -0.2) is 0 Å². The first kappa shape index (κ1) is 12.2. The average molecular weight is 244 g/mol. The summed E-state index contributed by atoms with van der Waals surface area (Å²) in [7, 11) is 0. The highest BCUT2D eigenvalue weighted by Crippen LogP contribution is 2.33. The molecule has 0 saturated carbocycles. The van der Waals surface area contributed by atoms with Crippen LogP contribution >= 0.6 is 0 Å². The van der Waals surface area contributed by atoms with Gasteiger partial charge in [-0.2, -0.15) is 0 Å². The van der Waals surface area contributed by atoms with Crippen LogP contribution < -0.4 is 5.32 Å². The Bertz CT molecular complexity index is 441. The number of fused-ring (bicyclic) bond motifs is 1. The maximum absolute atomic E-state index is 3.53. The summed E-state index contributed by atoms with van der Waals surface area (Å²) in [4.78, 5) is 2.68. The SMILES string of the molecule is Cc1ccc(C)c(CN2CC3CNCC3C2C)c1. The van der Waals surface area contributed by atoms with E-state index in [1.807, 2.05) is 0 Å². The lowest BCUT2D eigenvalue weighted by Crippen LogP contribution is -2.32. The molecule has 3 unspecified atom stereocenters. The molecule has 2 aliphatic rings. The van der Waals surface area contributed by atoms with Crippen LogP contribution in [0.1, 0.15) is 23.6 Å². The van der Waals surface area contributed by atoms with E-state index in [9.17, 15) is 0 Å². The predicted molar refractivity (Wildman–Crippen MR) is 75.6 cm³/mol. The molecule has 0 aliphatic carbocycles. The predicted octanol–water partition coefficient (Wildman–Crippen LogP) is 2.34. The Morgan fingerprint density at radius 3 is 2.89 bits per heavy atom. The lowest BCUT2D eigenvalue weighted by atomic mass is 9.95. The van der Waals surface area contributed by atoms with Crippen LogP contribution in [-0.2, 0) is 6.54 Å². The van der Waals surface area contributed by atoms with E-state index in [-0.39, 0.29) is 0 Å². The molecule has 1 aromatic carbocycles. The summed E-state index contributed by atoms with van der Waals surface area (Å²) in [6.07, 6.45) is 0. The van der Waals surface area contributed by atoms with Gasteiger partial charge in [-0.15, -0.1) is 0 Å². The Hall–Kier alpha value is -0.860. The number of nitrogens with zero attached hydrogens (tertiary/aromatic N) is 1. The second kappa shape index (κ2) is 4.67. The van der Waals surface area contributed by atoms with E-state index in [4.69, 9.17) is 0 Å². The highest BCUT2D eigenvalue weighted by molar-refractivity contribution is 5.30. The van der Waals surface area contributed by atoms with Crippen LogP contribution in [-0.4, -0.2) is 30.6 Å². The molecule has 2 heteroatoms. The molecule has 0 spiro atoms. The maximum Gasteiger partial charge on any atom is 0.0239 e. The molecular weight excluding hydrogens is 220 g/mol. The zero-order valence-electron chi connectivity index (χ0n) is 11.7. The van der Waals surface area contributed by atoms with Crippen molar-refractivity contribution in [3.8, 4) is 0 Å². The molecule has 0 aromatic heterocycles. The van der Waals surface area contributed by atoms with Crippen molar-refractivity contribution in [1.82, 2.24) is 10.2 Å². The van der Waals surface area contributed by atoms with E-state index in [2.05, 4.69) is 49.2 Å². The number of nitrogens with one attached hydrogen (secondary N) is 1. The van der Waals surface area contributed by atoms with E-state index in [1.165, 1.54) is 36.3 Å². The average Bonchev–Trinajstić information content (AvgIpc) is 2.89. The van der Waals surface area contributed by atoms with Crippen LogP contribution in [0, 0.1) is 25.7 Å². The van der Waals surface area contributed by atoms with Crippen LogP contribution in [0.15, 0.2) is 18.2 Å². The molecule has 0 radical (unpaired) electrons. The van der Waals surface area contributed by atoms with Crippen LogP contribution in [0.2, 0.25) is 0 Å². The lowest BCUT2D eigenvalue weighted by Gasteiger charge is -2.25. The Morgan fingerprint density at radius 1 is 1.28 bits per heavy atom. The Kier molecular flexibility index (Phi) is 3.16. The number of hydrogen-bond donors (Lipinski definition) is 1. The quantitative estimate of drug-likeness (QED) is 0.859. The highest BCUT2D eigenvalue weighted by atomic mass is 15.2. The number of hydrogen-bond acceptors (Lipinski definition) is 2. The normalized spacial score (nSPS) is 31.8. The topological polar surface area (TPSA) is 15.3 Å². The lowest BCUT2D eigenvalue weighted by molar-refractivity contribution is 0.231. The summed E-state index contributed by atoms with van der Waals surface area (Å²) in [5, 5.41) is 3.53. The van der Waals surface area contributed by atoms with Gasteiger partial charge < -0.3 is 5.32 Å². The van der Waals surface area contributed by atoms with Crippen LogP contribution in [0.4, 0.5) is 0 Å². The third-order valence-electron chi connectivity index (χ3n) is 4.93. The molecule has 18 heavy (non-hydrogen) atoms. The molecule has 0 amide bonds. The smallest absolute Gasteiger partial charge is 0.0239 e. The van der Waals surface area contributed by atoms with E-state index < -0.39 is 0 Å². The Balaban J connectivity index is 1.75. The largest absolute Gasteiger partial charge is 0.316 e. The minimum atomic E-state index is 0.727.